The fourth-order valence-corrected chi connectivity index (χ4v) is 1.41. The summed E-state index contributed by atoms with van der Waals surface area (Å²) in [6.07, 6.45) is 0.909. The van der Waals surface area contributed by atoms with Gasteiger partial charge in [-0.15, -0.1) is 0 Å². The number of nitrogens with one attached hydrogen (secondary N) is 1. The molecule has 0 bridgehead atoms. The summed E-state index contributed by atoms with van der Waals surface area (Å²) >= 11 is 0. The minimum Gasteiger partial charge on any atom is -0.383 e. The van der Waals surface area contributed by atoms with Crippen LogP contribution in [0.4, 0.5) is 0 Å². The first-order valence-electron chi connectivity index (χ1n) is 4.85. The predicted molar refractivity (Wildman–Crippen MR) is 57.4 cm³/mol. The van der Waals surface area contributed by atoms with E-state index in [0.29, 0.717) is 12.6 Å². The van der Waals surface area contributed by atoms with E-state index in [-0.39, 0.29) is 0 Å². The van der Waals surface area contributed by atoms with Crippen molar-refractivity contribution in [1.29, 1.82) is 0 Å². The smallest absolute Gasteiger partial charge is 0.0619 e. The second kappa shape index (κ2) is 5.73. The van der Waals surface area contributed by atoms with Crippen LogP contribution in [0.2, 0.25) is 0 Å². The van der Waals surface area contributed by atoms with Gasteiger partial charge in [-0.3, -0.25) is 4.98 Å². The quantitative estimate of drug-likeness (QED) is 0.764. The predicted octanol–water partition coefficient (Wildman–Crippen LogP) is 1.17. The maximum atomic E-state index is 5.11. The zero-order chi connectivity index (χ0) is 10.4. The van der Waals surface area contributed by atoms with Crippen LogP contribution in [-0.4, -0.2) is 31.8 Å². The van der Waals surface area contributed by atoms with Gasteiger partial charge in [-0.2, -0.15) is 0 Å². The van der Waals surface area contributed by atoms with Crippen molar-refractivity contribution in [3.63, 3.8) is 0 Å². The second-order valence-electron chi connectivity index (χ2n) is 3.42. The van der Waals surface area contributed by atoms with E-state index in [4.69, 9.17) is 4.74 Å². The van der Waals surface area contributed by atoms with Crippen molar-refractivity contribution < 1.29 is 4.74 Å². The first-order chi connectivity index (χ1) is 6.76. The van der Waals surface area contributed by atoms with Crippen LogP contribution in [0.25, 0.3) is 0 Å². The largest absolute Gasteiger partial charge is 0.383 e. The minimum absolute atomic E-state index is 0.342. The molecule has 0 saturated carbocycles. The third-order valence-corrected chi connectivity index (χ3v) is 2.18. The van der Waals surface area contributed by atoms with Gasteiger partial charge in [-0.1, -0.05) is 6.07 Å². The molecule has 0 aliphatic carbocycles. The molecule has 1 aromatic heterocycles. The molecular weight excluding hydrogens is 176 g/mol. The minimum atomic E-state index is 0.342. The van der Waals surface area contributed by atoms with Gasteiger partial charge < -0.3 is 10.1 Å². The fraction of sp³-hybridized carbons (Fsp3) is 0.545. The Hall–Kier alpha value is -0.930. The Morgan fingerprint density at radius 2 is 2.29 bits per heavy atom. The lowest BCUT2D eigenvalue weighted by atomic mass is 10.1. The summed E-state index contributed by atoms with van der Waals surface area (Å²) in [5, 5.41) is 3.21. The number of methoxy groups -OCH3 is 1. The zero-order valence-corrected chi connectivity index (χ0v) is 9.08. The lowest BCUT2D eigenvalue weighted by Crippen LogP contribution is -2.32. The summed E-state index contributed by atoms with van der Waals surface area (Å²) in [6, 6.07) is 6.44. The van der Waals surface area contributed by atoms with E-state index >= 15 is 0 Å². The van der Waals surface area contributed by atoms with Gasteiger partial charge in [-0.25, -0.2) is 0 Å². The molecule has 0 spiro atoms. The topological polar surface area (TPSA) is 34.1 Å². The molecule has 1 heterocycles. The molecule has 78 valence electrons. The number of aromatic nitrogens is 1. The number of rotatable bonds is 5. The molecule has 0 fully saturated rings. The molecule has 0 amide bonds. The van der Waals surface area contributed by atoms with Crippen LogP contribution in [0.3, 0.4) is 0 Å². The van der Waals surface area contributed by atoms with Gasteiger partial charge in [0, 0.05) is 31.0 Å². The Bertz CT molecular complexity index is 276. The number of aryl methyl sites for hydroxylation is 1. The molecule has 1 N–H and O–H groups in total. The van der Waals surface area contributed by atoms with Crippen LogP contribution in [-0.2, 0) is 11.2 Å². The summed E-state index contributed by atoms with van der Waals surface area (Å²) in [5.41, 5.74) is 2.18. The van der Waals surface area contributed by atoms with Crippen LogP contribution >= 0.6 is 0 Å². The molecule has 0 aromatic carbocycles. The van der Waals surface area contributed by atoms with Crippen LogP contribution in [0.15, 0.2) is 18.2 Å². The number of pyridine rings is 1. The van der Waals surface area contributed by atoms with E-state index in [2.05, 4.69) is 10.3 Å². The van der Waals surface area contributed by atoms with Gasteiger partial charge in [0.25, 0.3) is 0 Å². The van der Waals surface area contributed by atoms with Crippen molar-refractivity contribution >= 4 is 0 Å². The molecule has 3 heteroatoms. The highest BCUT2D eigenvalue weighted by molar-refractivity contribution is 5.11. The Morgan fingerprint density at radius 3 is 2.86 bits per heavy atom. The van der Waals surface area contributed by atoms with E-state index in [9.17, 15) is 0 Å². The van der Waals surface area contributed by atoms with Crippen LogP contribution in [0.1, 0.15) is 11.4 Å². The Balaban J connectivity index is 2.57. The summed E-state index contributed by atoms with van der Waals surface area (Å²) in [7, 11) is 3.66. The monoisotopic (exact) mass is 194 g/mol. The number of hydrogen-bond acceptors (Lipinski definition) is 3. The van der Waals surface area contributed by atoms with Gasteiger partial charge >= 0.3 is 0 Å². The van der Waals surface area contributed by atoms with Crippen molar-refractivity contribution in [2.45, 2.75) is 19.4 Å². The molecule has 0 aliphatic rings. The van der Waals surface area contributed by atoms with Gasteiger partial charge in [0.2, 0.25) is 0 Å². The molecule has 1 atom stereocenters. The summed E-state index contributed by atoms with van der Waals surface area (Å²) in [5.74, 6) is 0. The Kier molecular flexibility index (Phi) is 4.56. The highest BCUT2D eigenvalue weighted by Crippen LogP contribution is 2.02. The third kappa shape index (κ3) is 3.44. The van der Waals surface area contributed by atoms with E-state index < -0.39 is 0 Å². The number of hydrogen-bond donors (Lipinski definition) is 1. The van der Waals surface area contributed by atoms with Crippen molar-refractivity contribution in [2.75, 3.05) is 20.8 Å². The van der Waals surface area contributed by atoms with Crippen molar-refractivity contribution in [3.05, 3.63) is 29.6 Å². The molecule has 1 aromatic rings. The number of likely N-dealkylation sites (N-methyl/N-ethyl adjacent to an activating group) is 1. The zero-order valence-electron chi connectivity index (χ0n) is 9.08. The second-order valence-corrected chi connectivity index (χ2v) is 3.42. The normalized spacial score (nSPS) is 12.8. The van der Waals surface area contributed by atoms with Crippen LogP contribution < -0.4 is 5.32 Å². The van der Waals surface area contributed by atoms with Crippen LogP contribution in [0.5, 0.6) is 0 Å². The van der Waals surface area contributed by atoms with Gasteiger partial charge in [0.05, 0.1) is 6.61 Å². The Labute approximate surface area is 85.5 Å². The highest BCUT2D eigenvalue weighted by atomic mass is 16.5. The number of ether oxygens (including phenoxy) is 1. The molecule has 0 saturated heterocycles. The molecular formula is C11H18N2O. The Morgan fingerprint density at radius 1 is 1.50 bits per heavy atom. The maximum absolute atomic E-state index is 5.11. The van der Waals surface area contributed by atoms with Crippen molar-refractivity contribution in [2.24, 2.45) is 0 Å². The highest BCUT2D eigenvalue weighted by Gasteiger charge is 2.07. The molecule has 0 aliphatic heterocycles. The SMILES string of the molecule is CNC(COC)Cc1cccc(C)n1. The summed E-state index contributed by atoms with van der Waals surface area (Å²) < 4.78 is 5.11. The molecule has 3 nitrogen and oxygen atoms in total. The van der Waals surface area contributed by atoms with E-state index in [1.807, 2.05) is 32.2 Å². The standard InChI is InChI=1S/C11H18N2O/c1-9-5-4-6-10(13-9)7-11(12-2)8-14-3/h4-6,11-12H,7-8H2,1-3H3. The molecule has 0 radical (unpaired) electrons. The van der Waals surface area contributed by atoms with Gasteiger partial charge in [-0.05, 0) is 26.1 Å². The lowest BCUT2D eigenvalue weighted by molar-refractivity contribution is 0.169. The average Bonchev–Trinajstić information content (AvgIpc) is 2.17. The first kappa shape index (κ1) is 11.1. The molecule has 1 rings (SSSR count). The average molecular weight is 194 g/mol. The van der Waals surface area contributed by atoms with E-state index in [0.717, 1.165) is 17.8 Å². The van der Waals surface area contributed by atoms with E-state index in [1.54, 1.807) is 7.11 Å². The maximum Gasteiger partial charge on any atom is 0.0619 e. The lowest BCUT2D eigenvalue weighted by Gasteiger charge is -2.14. The summed E-state index contributed by atoms with van der Waals surface area (Å²) in [6.45, 7) is 2.72. The first-order valence-corrected chi connectivity index (χ1v) is 4.85. The van der Waals surface area contributed by atoms with Crippen LogP contribution in [0, 0.1) is 6.92 Å². The molecule has 14 heavy (non-hydrogen) atoms. The fourth-order valence-electron chi connectivity index (χ4n) is 1.41. The number of nitrogens with zero attached hydrogens (tertiary/aromatic N) is 1. The summed E-state index contributed by atoms with van der Waals surface area (Å²) in [4.78, 5) is 4.45. The van der Waals surface area contributed by atoms with Crippen molar-refractivity contribution in [1.82, 2.24) is 10.3 Å². The van der Waals surface area contributed by atoms with Gasteiger partial charge in [0.15, 0.2) is 0 Å². The van der Waals surface area contributed by atoms with Gasteiger partial charge in [0.1, 0.15) is 0 Å². The van der Waals surface area contributed by atoms with E-state index in [1.165, 1.54) is 0 Å². The third-order valence-electron chi connectivity index (χ3n) is 2.18. The molecule has 1 unspecified atom stereocenters. The van der Waals surface area contributed by atoms with Crippen molar-refractivity contribution in [3.8, 4) is 0 Å².